The minimum Gasteiger partial charge on any atom is -0.481 e. The van der Waals surface area contributed by atoms with E-state index in [1.165, 1.54) is 25.2 Å². The van der Waals surface area contributed by atoms with Crippen LogP contribution in [0.3, 0.4) is 0 Å². The van der Waals surface area contributed by atoms with Gasteiger partial charge in [0.2, 0.25) is 0 Å². The van der Waals surface area contributed by atoms with Crippen LogP contribution >= 0.6 is 0 Å². The first kappa shape index (κ1) is 22.4. The van der Waals surface area contributed by atoms with Crippen LogP contribution in [0.5, 0.6) is 5.75 Å². The van der Waals surface area contributed by atoms with E-state index in [0.29, 0.717) is 23.2 Å². The second kappa shape index (κ2) is 7.78. The van der Waals surface area contributed by atoms with Crippen molar-refractivity contribution in [1.29, 1.82) is 0 Å². The van der Waals surface area contributed by atoms with Crippen molar-refractivity contribution in [2.75, 3.05) is 6.61 Å². The Morgan fingerprint density at radius 3 is 2.23 bits per heavy atom. The zero-order chi connectivity index (χ0) is 23.1. The monoisotopic (exact) mass is 446 g/mol. The van der Waals surface area contributed by atoms with E-state index < -0.39 is 41.9 Å². The number of carboxylic acid groups (broad SMARTS) is 1. The number of ether oxygens (including phenoxy) is 1. The fourth-order valence-electron chi connectivity index (χ4n) is 3.25. The first-order valence-electron chi connectivity index (χ1n) is 8.96. The summed E-state index contributed by atoms with van der Waals surface area (Å²) in [6.07, 6.45) is -8.88. The maximum absolute atomic E-state index is 12.9. The number of carbonyl (C=O) groups is 1. The average molecular weight is 446 g/mol. The van der Waals surface area contributed by atoms with Crippen molar-refractivity contribution in [2.24, 2.45) is 7.05 Å². The lowest BCUT2D eigenvalue weighted by Crippen LogP contribution is -2.20. The van der Waals surface area contributed by atoms with Crippen LogP contribution in [0.4, 0.5) is 26.3 Å². The van der Waals surface area contributed by atoms with Crippen LogP contribution in [-0.4, -0.2) is 33.4 Å². The van der Waals surface area contributed by atoms with Gasteiger partial charge in [-0.1, -0.05) is 19.1 Å². The lowest BCUT2D eigenvalue weighted by molar-refractivity contribution is -0.153. The topological polar surface area (TPSA) is 64.3 Å². The Balaban J connectivity index is 2.22. The molecule has 1 aromatic carbocycles. The van der Waals surface area contributed by atoms with Gasteiger partial charge in [0.25, 0.3) is 0 Å². The molecule has 1 N–H and O–H groups in total. The van der Waals surface area contributed by atoms with Gasteiger partial charge in [-0.05, 0) is 30.2 Å². The molecule has 31 heavy (non-hydrogen) atoms. The third-order valence-electron chi connectivity index (χ3n) is 4.64. The molecule has 0 aliphatic rings. The number of hydrogen-bond acceptors (Lipinski definition) is 3. The molecule has 0 radical (unpaired) electrons. The number of aromatic nitrogens is 2. The van der Waals surface area contributed by atoms with Gasteiger partial charge in [-0.3, -0.25) is 0 Å². The molecular weight excluding hydrogens is 430 g/mol. The molecule has 2 heterocycles. The van der Waals surface area contributed by atoms with Crippen LogP contribution in [0.2, 0.25) is 0 Å². The van der Waals surface area contributed by atoms with E-state index in [4.69, 9.17) is 4.74 Å². The first-order chi connectivity index (χ1) is 14.3. The fraction of sp³-hybridized carbons (Fsp3) is 0.300. The molecule has 0 bridgehead atoms. The summed E-state index contributed by atoms with van der Waals surface area (Å²) in [5.74, 6) is -2.02. The number of halogens is 6. The Bertz CT molecular complexity index is 1130. The SMILES string of the molecule is CCc1nc2c(cc1-c1ccc(C(F)(F)F)cc1)c(OCC(F)(F)F)c(C(=O)O)n2C. The van der Waals surface area contributed by atoms with Crippen LogP contribution < -0.4 is 4.74 Å². The highest BCUT2D eigenvalue weighted by Gasteiger charge is 2.32. The van der Waals surface area contributed by atoms with E-state index in [1.807, 2.05) is 0 Å². The molecule has 3 rings (SSSR count). The first-order valence-corrected chi connectivity index (χ1v) is 8.96. The Hall–Kier alpha value is -3.24. The maximum Gasteiger partial charge on any atom is 0.422 e. The van der Waals surface area contributed by atoms with Crippen molar-refractivity contribution >= 4 is 17.0 Å². The summed E-state index contributed by atoms with van der Waals surface area (Å²) in [6.45, 7) is 0.0292. The summed E-state index contributed by atoms with van der Waals surface area (Å²) < 4.78 is 82.6. The summed E-state index contributed by atoms with van der Waals surface area (Å²) in [5, 5.41) is 9.49. The van der Waals surface area contributed by atoms with Crippen LogP contribution in [0.15, 0.2) is 30.3 Å². The summed E-state index contributed by atoms with van der Waals surface area (Å²) in [4.78, 5) is 16.0. The molecular formula is C20H16F6N2O3. The van der Waals surface area contributed by atoms with Crippen LogP contribution in [0, 0.1) is 0 Å². The molecule has 0 spiro atoms. The number of rotatable bonds is 5. The smallest absolute Gasteiger partial charge is 0.422 e. The molecule has 3 aromatic rings. The number of pyridine rings is 1. The molecule has 0 fully saturated rings. The van der Waals surface area contributed by atoms with Gasteiger partial charge in [-0.2, -0.15) is 26.3 Å². The number of aromatic carboxylic acids is 1. The normalized spacial score (nSPS) is 12.4. The molecule has 0 saturated heterocycles. The third kappa shape index (κ3) is 4.44. The van der Waals surface area contributed by atoms with E-state index in [0.717, 1.165) is 16.7 Å². The third-order valence-corrected chi connectivity index (χ3v) is 4.64. The number of fused-ring (bicyclic) bond motifs is 1. The Labute approximate surface area is 171 Å². The highest BCUT2D eigenvalue weighted by Crippen LogP contribution is 2.38. The van der Waals surface area contributed by atoms with Crippen molar-refractivity contribution < 1.29 is 41.0 Å². The van der Waals surface area contributed by atoms with E-state index in [9.17, 15) is 36.2 Å². The van der Waals surface area contributed by atoms with Gasteiger partial charge in [0.05, 0.1) is 16.6 Å². The zero-order valence-electron chi connectivity index (χ0n) is 16.2. The Morgan fingerprint density at radius 2 is 1.74 bits per heavy atom. The maximum atomic E-state index is 12.9. The number of carboxylic acids is 1. The number of benzene rings is 1. The van der Waals surface area contributed by atoms with Crippen LogP contribution in [0.1, 0.15) is 28.7 Å². The van der Waals surface area contributed by atoms with E-state index in [1.54, 1.807) is 6.92 Å². The summed E-state index contributed by atoms with van der Waals surface area (Å²) in [5.41, 5.74) is -0.136. The molecule has 2 aromatic heterocycles. The highest BCUT2D eigenvalue weighted by atomic mass is 19.4. The lowest BCUT2D eigenvalue weighted by atomic mass is 10.00. The van der Waals surface area contributed by atoms with Gasteiger partial charge in [-0.15, -0.1) is 0 Å². The average Bonchev–Trinajstić information content (AvgIpc) is 2.95. The van der Waals surface area contributed by atoms with E-state index in [2.05, 4.69) is 4.98 Å². The van der Waals surface area contributed by atoms with Crippen molar-refractivity contribution in [3.8, 4) is 16.9 Å². The highest BCUT2D eigenvalue weighted by molar-refractivity contribution is 6.01. The van der Waals surface area contributed by atoms with Gasteiger partial charge < -0.3 is 14.4 Å². The molecule has 166 valence electrons. The molecule has 0 aliphatic heterocycles. The van der Waals surface area contributed by atoms with Gasteiger partial charge in [0.15, 0.2) is 18.1 Å². The predicted octanol–water partition coefficient (Wildman–Crippen LogP) is 5.46. The number of alkyl halides is 6. The molecule has 0 aliphatic carbocycles. The largest absolute Gasteiger partial charge is 0.481 e. The predicted molar refractivity (Wildman–Crippen MR) is 99.0 cm³/mol. The van der Waals surface area contributed by atoms with Gasteiger partial charge >= 0.3 is 18.3 Å². The van der Waals surface area contributed by atoms with Gasteiger partial charge in [-0.25, -0.2) is 9.78 Å². The standard InChI is InChI=1S/C20H16F6N2O3/c1-3-14-12(10-4-6-11(7-5-10)20(24,25)26)8-13-16(31-9-19(21,22)23)15(18(29)30)28(2)17(13)27-14/h4-8H,3,9H2,1-2H3,(H,29,30). The second-order valence-electron chi connectivity index (χ2n) is 6.73. The van der Waals surface area contributed by atoms with Crippen LogP contribution in [0.25, 0.3) is 22.2 Å². The van der Waals surface area contributed by atoms with Crippen molar-refractivity contribution in [3.05, 3.63) is 47.3 Å². The van der Waals surface area contributed by atoms with Crippen molar-refractivity contribution in [1.82, 2.24) is 9.55 Å². The molecule has 5 nitrogen and oxygen atoms in total. The quantitative estimate of drug-likeness (QED) is 0.529. The van der Waals surface area contributed by atoms with Gasteiger partial charge in [0, 0.05) is 12.6 Å². The van der Waals surface area contributed by atoms with E-state index >= 15 is 0 Å². The number of aryl methyl sites for hydroxylation is 2. The number of nitrogens with zero attached hydrogens (tertiary/aromatic N) is 2. The van der Waals surface area contributed by atoms with Crippen molar-refractivity contribution in [3.63, 3.8) is 0 Å². The minimum absolute atomic E-state index is 0.0104. The minimum atomic E-state index is -4.70. The molecule has 11 heteroatoms. The molecule has 0 saturated carbocycles. The summed E-state index contributed by atoms with van der Waals surface area (Å²) in [7, 11) is 1.33. The van der Waals surface area contributed by atoms with Crippen LogP contribution in [-0.2, 0) is 19.6 Å². The molecule has 0 unspecified atom stereocenters. The second-order valence-corrected chi connectivity index (χ2v) is 6.73. The summed E-state index contributed by atoms with van der Waals surface area (Å²) in [6, 6.07) is 5.60. The van der Waals surface area contributed by atoms with E-state index in [-0.39, 0.29) is 11.0 Å². The fourth-order valence-corrected chi connectivity index (χ4v) is 3.25. The van der Waals surface area contributed by atoms with Crippen molar-refractivity contribution in [2.45, 2.75) is 25.7 Å². The number of hydrogen-bond donors (Lipinski definition) is 1. The molecule has 0 atom stereocenters. The Morgan fingerprint density at radius 1 is 1.13 bits per heavy atom. The Kier molecular flexibility index (Phi) is 5.64. The molecule has 0 amide bonds. The van der Waals surface area contributed by atoms with Gasteiger partial charge in [0.1, 0.15) is 5.65 Å². The summed E-state index contributed by atoms with van der Waals surface area (Å²) >= 11 is 0. The lowest BCUT2D eigenvalue weighted by Gasteiger charge is -2.12. The zero-order valence-corrected chi connectivity index (χ0v) is 16.2.